The molecule has 0 radical (unpaired) electrons. The third kappa shape index (κ3) is 2.79. The van der Waals surface area contributed by atoms with E-state index >= 15 is 0 Å². The lowest BCUT2D eigenvalue weighted by Crippen LogP contribution is -2.30. The predicted octanol–water partition coefficient (Wildman–Crippen LogP) is 2.39. The van der Waals surface area contributed by atoms with Gasteiger partial charge in [0.2, 0.25) is 0 Å². The molecule has 2 nitrogen and oxygen atoms in total. The van der Waals surface area contributed by atoms with Crippen LogP contribution in [0.4, 0.5) is 0 Å². The summed E-state index contributed by atoms with van der Waals surface area (Å²) in [5, 5.41) is 3.44. The van der Waals surface area contributed by atoms with Gasteiger partial charge < -0.3 is 5.32 Å². The van der Waals surface area contributed by atoms with Gasteiger partial charge in [0, 0.05) is 16.9 Å². The van der Waals surface area contributed by atoms with Gasteiger partial charge in [0.25, 0.3) is 0 Å². The van der Waals surface area contributed by atoms with Gasteiger partial charge in [-0.3, -0.25) is 4.98 Å². The molecule has 1 fully saturated rings. The van der Waals surface area contributed by atoms with Crippen molar-refractivity contribution >= 4 is 15.9 Å². The van der Waals surface area contributed by atoms with Crippen LogP contribution in [-0.4, -0.2) is 18.1 Å². The summed E-state index contributed by atoms with van der Waals surface area (Å²) < 4.78 is 1.08. The van der Waals surface area contributed by atoms with Crippen molar-refractivity contribution in [2.24, 2.45) is 5.92 Å². The topological polar surface area (TPSA) is 24.9 Å². The summed E-state index contributed by atoms with van der Waals surface area (Å²) in [6.45, 7) is 2.35. The summed E-state index contributed by atoms with van der Waals surface area (Å²) in [7, 11) is 0. The molecular formula is C11H15BrN2. The van der Waals surface area contributed by atoms with Crippen LogP contribution in [0.3, 0.4) is 0 Å². The van der Waals surface area contributed by atoms with Gasteiger partial charge in [0.15, 0.2) is 0 Å². The minimum Gasteiger partial charge on any atom is -0.316 e. The van der Waals surface area contributed by atoms with Gasteiger partial charge in [0.05, 0.1) is 0 Å². The van der Waals surface area contributed by atoms with Crippen molar-refractivity contribution in [1.29, 1.82) is 0 Å². The molecule has 1 saturated heterocycles. The minimum atomic E-state index is 0.792. The van der Waals surface area contributed by atoms with Crippen molar-refractivity contribution in [3.05, 3.63) is 28.5 Å². The van der Waals surface area contributed by atoms with E-state index in [1.807, 2.05) is 12.4 Å². The van der Waals surface area contributed by atoms with E-state index in [1.165, 1.54) is 24.9 Å². The molecule has 1 aromatic heterocycles. The molecule has 1 aliphatic rings. The highest BCUT2D eigenvalue weighted by Gasteiger charge is 2.13. The molecule has 3 heteroatoms. The molecule has 0 aliphatic carbocycles. The number of halogens is 1. The first-order chi connectivity index (χ1) is 6.84. The van der Waals surface area contributed by atoms with Crippen LogP contribution in [-0.2, 0) is 6.42 Å². The largest absolute Gasteiger partial charge is 0.316 e. The van der Waals surface area contributed by atoms with Gasteiger partial charge in [-0.05, 0) is 65.8 Å². The summed E-state index contributed by atoms with van der Waals surface area (Å²) in [6, 6.07) is 2.17. The second-order valence-electron chi connectivity index (χ2n) is 3.93. The molecule has 1 atom stereocenters. The van der Waals surface area contributed by atoms with Gasteiger partial charge in [-0.25, -0.2) is 0 Å². The fourth-order valence-electron chi connectivity index (χ4n) is 2.00. The molecule has 1 N–H and O–H groups in total. The molecule has 0 saturated carbocycles. The Hall–Kier alpha value is -0.410. The Morgan fingerprint density at radius 1 is 1.50 bits per heavy atom. The Morgan fingerprint density at radius 3 is 3.14 bits per heavy atom. The molecule has 0 aromatic carbocycles. The monoisotopic (exact) mass is 254 g/mol. The molecule has 0 spiro atoms. The Bertz CT molecular complexity index is 295. The van der Waals surface area contributed by atoms with Crippen molar-refractivity contribution in [1.82, 2.24) is 10.3 Å². The van der Waals surface area contributed by atoms with Crippen molar-refractivity contribution in [2.45, 2.75) is 19.3 Å². The van der Waals surface area contributed by atoms with Crippen LogP contribution in [0.1, 0.15) is 18.4 Å². The van der Waals surface area contributed by atoms with Gasteiger partial charge in [-0.1, -0.05) is 0 Å². The van der Waals surface area contributed by atoms with E-state index in [-0.39, 0.29) is 0 Å². The quantitative estimate of drug-likeness (QED) is 0.877. The maximum absolute atomic E-state index is 4.18. The molecular weight excluding hydrogens is 240 g/mol. The van der Waals surface area contributed by atoms with Crippen LogP contribution in [0, 0.1) is 5.92 Å². The zero-order valence-electron chi connectivity index (χ0n) is 8.17. The van der Waals surface area contributed by atoms with E-state index in [0.717, 1.165) is 23.4 Å². The van der Waals surface area contributed by atoms with Gasteiger partial charge in [0.1, 0.15) is 0 Å². The smallest absolute Gasteiger partial charge is 0.0410 e. The first kappa shape index (κ1) is 10.1. The SMILES string of the molecule is Brc1cncc(CC2CCCNC2)c1. The summed E-state index contributed by atoms with van der Waals surface area (Å²) >= 11 is 3.45. The maximum atomic E-state index is 4.18. The molecule has 2 rings (SSSR count). The predicted molar refractivity (Wildman–Crippen MR) is 61.2 cm³/mol. The van der Waals surface area contributed by atoms with Crippen LogP contribution in [0.2, 0.25) is 0 Å². The Kier molecular flexibility index (Phi) is 3.54. The third-order valence-corrected chi connectivity index (χ3v) is 3.12. The highest BCUT2D eigenvalue weighted by molar-refractivity contribution is 9.10. The van der Waals surface area contributed by atoms with E-state index in [2.05, 4.69) is 32.3 Å². The average Bonchev–Trinajstić information content (AvgIpc) is 2.19. The highest BCUT2D eigenvalue weighted by atomic mass is 79.9. The average molecular weight is 255 g/mol. The lowest BCUT2D eigenvalue weighted by molar-refractivity contribution is 0.376. The van der Waals surface area contributed by atoms with Crippen LogP contribution in [0.15, 0.2) is 22.9 Å². The highest BCUT2D eigenvalue weighted by Crippen LogP contribution is 2.18. The standard InChI is InChI=1S/C11H15BrN2/c12-11-5-10(7-14-8-11)4-9-2-1-3-13-6-9/h5,7-9,13H,1-4,6H2. The number of hydrogen-bond donors (Lipinski definition) is 1. The summed E-state index contributed by atoms with van der Waals surface area (Å²) in [5.74, 6) is 0.792. The van der Waals surface area contributed by atoms with Crippen LogP contribution in [0.5, 0.6) is 0 Å². The molecule has 1 aliphatic heterocycles. The molecule has 14 heavy (non-hydrogen) atoms. The number of hydrogen-bond acceptors (Lipinski definition) is 2. The summed E-state index contributed by atoms with van der Waals surface area (Å²) in [6.07, 6.45) is 7.62. The minimum absolute atomic E-state index is 0.792. The Balaban J connectivity index is 1.95. The zero-order valence-corrected chi connectivity index (χ0v) is 9.76. The first-order valence-corrected chi connectivity index (χ1v) is 5.94. The van der Waals surface area contributed by atoms with Crippen molar-refractivity contribution in [3.63, 3.8) is 0 Å². The Labute approximate surface area is 93.3 Å². The van der Waals surface area contributed by atoms with Crippen LogP contribution >= 0.6 is 15.9 Å². The number of rotatable bonds is 2. The second kappa shape index (κ2) is 4.89. The second-order valence-corrected chi connectivity index (χ2v) is 4.84. The fraction of sp³-hybridized carbons (Fsp3) is 0.545. The molecule has 1 aromatic rings. The number of pyridine rings is 1. The zero-order chi connectivity index (χ0) is 9.80. The molecule has 2 heterocycles. The van der Waals surface area contributed by atoms with Crippen molar-refractivity contribution in [3.8, 4) is 0 Å². The number of piperidine rings is 1. The molecule has 0 bridgehead atoms. The molecule has 1 unspecified atom stereocenters. The number of nitrogens with zero attached hydrogens (tertiary/aromatic N) is 1. The molecule has 76 valence electrons. The summed E-state index contributed by atoms with van der Waals surface area (Å²) in [4.78, 5) is 4.18. The summed E-state index contributed by atoms with van der Waals surface area (Å²) in [5.41, 5.74) is 1.34. The Morgan fingerprint density at radius 2 is 2.43 bits per heavy atom. The van der Waals surface area contributed by atoms with Crippen LogP contribution in [0.25, 0.3) is 0 Å². The van der Waals surface area contributed by atoms with E-state index in [1.54, 1.807) is 0 Å². The van der Waals surface area contributed by atoms with Crippen molar-refractivity contribution in [2.75, 3.05) is 13.1 Å². The van der Waals surface area contributed by atoms with E-state index in [4.69, 9.17) is 0 Å². The van der Waals surface area contributed by atoms with Gasteiger partial charge >= 0.3 is 0 Å². The third-order valence-electron chi connectivity index (χ3n) is 2.68. The van der Waals surface area contributed by atoms with E-state index in [9.17, 15) is 0 Å². The van der Waals surface area contributed by atoms with Gasteiger partial charge in [-0.15, -0.1) is 0 Å². The number of aromatic nitrogens is 1. The van der Waals surface area contributed by atoms with Crippen LogP contribution < -0.4 is 5.32 Å². The molecule has 0 amide bonds. The number of nitrogens with one attached hydrogen (secondary N) is 1. The first-order valence-electron chi connectivity index (χ1n) is 5.15. The van der Waals surface area contributed by atoms with E-state index < -0.39 is 0 Å². The lowest BCUT2D eigenvalue weighted by Gasteiger charge is -2.22. The fourth-order valence-corrected chi connectivity index (χ4v) is 2.41. The maximum Gasteiger partial charge on any atom is 0.0410 e. The van der Waals surface area contributed by atoms with Gasteiger partial charge in [-0.2, -0.15) is 0 Å². The van der Waals surface area contributed by atoms with Crippen molar-refractivity contribution < 1.29 is 0 Å². The van der Waals surface area contributed by atoms with E-state index in [0.29, 0.717) is 0 Å². The normalized spacial score (nSPS) is 22.2. The lowest BCUT2D eigenvalue weighted by atomic mass is 9.93.